The third-order valence-electron chi connectivity index (χ3n) is 2.50. The normalized spacial score (nSPS) is 14.3. The van der Waals surface area contributed by atoms with Gasteiger partial charge in [-0.2, -0.15) is 0 Å². The van der Waals surface area contributed by atoms with Crippen molar-refractivity contribution in [3.05, 3.63) is 35.9 Å². The van der Waals surface area contributed by atoms with E-state index < -0.39 is 11.8 Å². The summed E-state index contributed by atoms with van der Waals surface area (Å²) in [4.78, 5) is 10.5. The van der Waals surface area contributed by atoms with Gasteiger partial charge in [-0.15, -0.1) is 0 Å². The molecule has 1 atom stereocenters. The number of hydrogen-bond acceptors (Lipinski definition) is 2. The molecule has 0 saturated heterocycles. The van der Waals surface area contributed by atoms with Crippen LogP contribution >= 0.6 is 0 Å². The van der Waals surface area contributed by atoms with Gasteiger partial charge in [0, 0.05) is 6.42 Å². The van der Waals surface area contributed by atoms with Crippen LogP contribution in [0.4, 0.5) is 4.79 Å². The molecular formula is C12H16O3. The van der Waals surface area contributed by atoms with Gasteiger partial charge in [-0.3, -0.25) is 0 Å². The standard InChI is InChI=1S/C12H16O3/c1-3-12(2,15-11(13)14)9-10-7-5-4-6-8-10/h4-8H,3,9H2,1-2H3,(H,13,14). The third-order valence-corrected chi connectivity index (χ3v) is 2.50. The first-order chi connectivity index (χ1) is 7.06. The second kappa shape index (κ2) is 4.82. The van der Waals surface area contributed by atoms with E-state index in [1.54, 1.807) is 0 Å². The topological polar surface area (TPSA) is 46.5 Å². The number of hydrogen-bond donors (Lipinski definition) is 1. The summed E-state index contributed by atoms with van der Waals surface area (Å²) in [5, 5.41) is 8.64. The minimum atomic E-state index is -1.21. The summed E-state index contributed by atoms with van der Waals surface area (Å²) in [6, 6.07) is 9.75. The predicted octanol–water partition coefficient (Wildman–Crippen LogP) is 3.09. The van der Waals surface area contributed by atoms with Crippen molar-refractivity contribution in [1.82, 2.24) is 0 Å². The highest BCUT2D eigenvalue weighted by Gasteiger charge is 2.26. The molecule has 0 fully saturated rings. The van der Waals surface area contributed by atoms with E-state index in [4.69, 9.17) is 9.84 Å². The van der Waals surface area contributed by atoms with Crippen molar-refractivity contribution in [2.45, 2.75) is 32.3 Å². The Balaban J connectivity index is 2.72. The average molecular weight is 208 g/mol. The lowest BCUT2D eigenvalue weighted by Gasteiger charge is -2.26. The molecule has 1 aromatic carbocycles. The monoisotopic (exact) mass is 208 g/mol. The van der Waals surface area contributed by atoms with Crippen LogP contribution in [0, 0.1) is 0 Å². The number of benzene rings is 1. The molecule has 0 radical (unpaired) electrons. The quantitative estimate of drug-likeness (QED) is 0.773. The van der Waals surface area contributed by atoms with E-state index in [9.17, 15) is 4.79 Å². The van der Waals surface area contributed by atoms with E-state index in [0.717, 1.165) is 5.56 Å². The maximum atomic E-state index is 10.5. The van der Waals surface area contributed by atoms with Crippen molar-refractivity contribution < 1.29 is 14.6 Å². The Kier molecular flexibility index (Phi) is 3.72. The predicted molar refractivity (Wildman–Crippen MR) is 58.0 cm³/mol. The fraction of sp³-hybridized carbons (Fsp3) is 0.417. The maximum Gasteiger partial charge on any atom is 0.506 e. The molecule has 82 valence electrons. The molecule has 1 rings (SSSR count). The molecule has 0 heterocycles. The van der Waals surface area contributed by atoms with E-state index in [0.29, 0.717) is 12.8 Å². The summed E-state index contributed by atoms with van der Waals surface area (Å²) in [6.45, 7) is 3.74. The summed E-state index contributed by atoms with van der Waals surface area (Å²) in [5.74, 6) is 0. The van der Waals surface area contributed by atoms with Crippen LogP contribution in [0.1, 0.15) is 25.8 Å². The fourth-order valence-electron chi connectivity index (χ4n) is 1.47. The summed E-state index contributed by atoms with van der Waals surface area (Å²) in [5.41, 5.74) is 0.454. The maximum absolute atomic E-state index is 10.5. The van der Waals surface area contributed by atoms with Crippen molar-refractivity contribution in [2.24, 2.45) is 0 Å². The first kappa shape index (κ1) is 11.6. The molecule has 0 saturated carbocycles. The van der Waals surface area contributed by atoms with E-state index in [2.05, 4.69) is 0 Å². The molecule has 1 aromatic rings. The van der Waals surface area contributed by atoms with Crippen molar-refractivity contribution in [2.75, 3.05) is 0 Å². The van der Waals surface area contributed by atoms with Gasteiger partial charge < -0.3 is 9.84 Å². The van der Waals surface area contributed by atoms with Crippen LogP contribution < -0.4 is 0 Å². The smallest absolute Gasteiger partial charge is 0.450 e. The van der Waals surface area contributed by atoms with Gasteiger partial charge in [0.2, 0.25) is 0 Å². The lowest BCUT2D eigenvalue weighted by molar-refractivity contribution is -0.00953. The molecular weight excluding hydrogens is 192 g/mol. The van der Waals surface area contributed by atoms with Crippen LogP contribution in [-0.2, 0) is 11.2 Å². The molecule has 0 amide bonds. The van der Waals surface area contributed by atoms with E-state index in [-0.39, 0.29) is 0 Å². The molecule has 3 heteroatoms. The molecule has 1 N–H and O–H groups in total. The zero-order valence-corrected chi connectivity index (χ0v) is 9.06. The van der Waals surface area contributed by atoms with E-state index in [1.807, 2.05) is 44.2 Å². The molecule has 0 aliphatic heterocycles. The zero-order chi connectivity index (χ0) is 11.3. The fourth-order valence-corrected chi connectivity index (χ4v) is 1.47. The van der Waals surface area contributed by atoms with E-state index in [1.165, 1.54) is 0 Å². The summed E-state index contributed by atoms with van der Waals surface area (Å²) < 4.78 is 4.91. The lowest BCUT2D eigenvalue weighted by atomic mass is 9.94. The largest absolute Gasteiger partial charge is 0.506 e. The van der Waals surface area contributed by atoms with Crippen LogP contribution in [0.5, 0.6) is 0 Å². The first-order valence-electron chi connectivity index (χ1n) is 5.01. The van der Waals surface area contributed by atoms with Crippen LogP contribution in [0.3, 0.4) is 0 Å². The molecule has 0 bridgehead atoms. The van der Waals surface area contributed by atoms with Crippen LogP contribution in [-0.4, -0.2) is 16.9 Å². The Labute approximate surface area is 89.7 Å². The van der Waals surface area contributed by atoms with Crippen LogP contribution in [0.2, 0.25) is 0 Å². The Morgan fingerprint density at radius 1 is 1.40 bits per heavy atom. The minimum Gasteiger partial charge on any atom is -0.450 e. The average Bonchev–Trinajstić information content (AvgIpc) is 2.18. The number of ether oxygens (including phenoxy) is 1. The summed E-state index contributed by atoms with van der Waals surface area (Å²) in [6.07, 6.45) is 0.0560. The lowest BCUT2D eigenvalue weighted by Crippen LogP contribution is -2.32. The van der Waals surface area contributed by atoms with Crippen LogP contribution in [0.25, 0.3) is 0 Å². The van der Waals surface area contributed by atoms with Crippen molar-refractivity contribution >= 4 is 6.16 Å². The van der Waals surface area contributed by atoms with Gasteiger partial charge in [0.05, 0.1) is 0 Å². The molecule has 0 spiro atoms. The van der Waals surface area contributed by atoms with Gasteiger partial charge in [0.25, 0.3) is 0 Å². The highest BCUT2D eigenvalue weighted by molar-refractivity contribution is 5.57. The van der Waals surface area contributed by atoms with E-state index >= 15 is 0 Å². The Morgan fingerprint density at radius 2 is 2.00 bits per heavy atom. The van der Waals surface area contributed by atoms with Gasteiger partial charge in [0.1, 0.15) is 5.60 Å². The molecule has 1 unspecified atom stereocenters. The van der Waals surface area contributed by atoms with Crippen molar-refractivity contribution in [1.29, 1.82) is 0 Å². The Morgan fingerprint density at radius 3 is 2.47 bits per heavy atom. The summed E-state index contributed by atoms with van der Waals surface area (Å²) in [7, 11) is 0. The molecule has 0 aliphatic carbocycles. The molecule has 15 heavy (non-hydrogen) atoms. The second-order valence-electron chi connectivity index (χ2n) is 3.83. The molecule has 0 aromatic heterocycles. The molecule has 0 aliphatic rings. The van der Waals surface area contributed by atoms with Crippen molar-refractivity contribution in [3.63, 3.8) is 0 Å². The van der Waals surface area contributed by atoms with Gasteiger partial charge in [-0.05, 0) is 18.9 Å². The van der Waals surface area contributed by atoms with Gasteiger partial charge in [0.15, 0.2) is 0 Å². The van der Waals surface area contributed by atoms with Gasteiger partial charge in [-0.25, -0.2) is 4.79 Å². The third kappa shape index (κ3) is 3.62. The number of rotatable bonds is 4. The highest BCUT2D eigenvalue weighted by Crippen LogP contribution is 2.21. The number of carbonyl (C=O) groups is 1. The second-order valence-corrected chi connectivity index (χ2v) is 3.83. The van der Waals surface area contributed by atoms with Gasteiger partial charge >= 0.3 is 6.16 Å². The zero-order valence-electron chi connectivity index (χ0n) is 9.06. The minimum absolute atomic E-state index is 0.608. The Hall–Kier alpha value is -1.51. The van der Waals surface area contributed by atoms with Crippen LogP contribution in [0.15, 0.2) is 30.3 Å². The summed E-state index contributed by atoms with van der Waals surface area (Å²) >= 11 is 0. The first-order valence-corrected chi connectivity index (χ1v) is 5.01. The van der Waals surface area contributed by atoms with Crippen molar-refractivity contribution in [3.8, 4) is 0 Å². The SMILES string of the molecule is CCC(C)(Cc1ccccc1)OC(=O)O. The van der Waals surface area contributed by atoms with Gasteiger partial charge in [-0.1, -0.05) is 37.3 Å². The number of carboxylic acid groups (broad SMARTS) is 1. The Bertz CT molecular complexity index is 321. The molecule has 3 nitrogen and oxygen atoms in total. The highest BCUT2D eigenvalue weighted by atomic mass is 16.7.